The van der Waals surface area contributed by atoms with Crippen LogP contribution in [0.2, 0.25) is 0 Å². The fraction of sp³-hybridized carbons (Fsp3) is 0.222. The van der Waals surface area contributed by atoms with Gasteiger partial charge in [-0.2, -0.15) is 12.0 Å². The van der Waals surface area contributed by atoms with Crippen LogP contribution in [0, 0.1) is 6.42 Å². The molecule has 1 radical (unpaired) electrons. The topological polar surface area (TPSA) is 0 Å². The van der Waals surface area contributed by atoms with E-state index in [0.717, 1.165) is 0 Å². The van der Waals surface area contributed by atoms with Crippen molar-refractivity contribution in [1.29, 1.82) is 0 Å². The van der Waals surface area contributed by atoms with E-state index in [9.17, 15) is 0 Å². The van der Waals surface area contributed by atoms with Crippen molar-refractivity contribution in [1.82, 2.24) is 0 Å². The zero-order chi connectivity index (χ0) is 6.97. The van der Waals surface area contributed by atoms with Gasteiger partial charge in [0.05, 0.1) is 0 Å². The molecular formula is C9H8BrRe-. The SMILES string of the molecule is Brc1ccc2c(c1)[CH-]CC2.[Re]. The molecule has 1 aromatic rings. The number of hydrogen-bond acceptors (Lipinski definition) is 0. The van der Waals surface area contributed by atoms with Gasteiger partial charge in [-0.1, -0.05) is 34.8 Å². The fourth-order valence-electron chi connectivity index (χ4n) is 1.37. The van der Waals surface area contributed by atoms with Gasteiger partial charge in [0.2, 0.25) is 0 Å². The van der Waals surface area contributed by atoms with Gasteiger partial charge in [0.1, 0.15) is 0 Å². The third-order valence-electron chi connectivity index (χ3n) is 1.89. The number of fused-ring (bicyclic) bond motifs is 1. The maximum atomic E-state index is 3.44. The summed E-state index contributed by atoms with van der Waals surface area (Å²) in [5, 5.41) is 0. The van der Waals surface area contributed by atoms with Crippen molar-refractivity contribution < 1.29 is 20.4 Å². The molecule has 11 heavy (non-hydrogen) atoms. The van der Waals surface area contributed by atoms with Gasteiger partial charge in [-0.15, -0.1) is 17.7 Å². The predicted octanol–water partition coefficient (Wildman–Crippen LogP) is 2.95. The Labute approximate surface area is 89.2 Å². The molecule has 0 heterocycles. The van der Waals surface area contributed by atoms with Crippen molar-refractivity contribution >= 4 is 15.9 Å². The van der Waals surface area contributed by atoms with Crippen LogP contribution in [0.3, 0.4) is 0 Å². The Morgan fingerprint density at radius 2 is 2.18 bits per heavy atom. The number of hydrogen-bond donors (Lipinski definition) is 0. The molecule has 59 valence electrons. The maximum Gasteiger partial charge on any atom is 0 e. The number of rotatable bonds is 0. The molecule has 0 bridgehead atoms. The molecule has 0 unspecified atom stereocenters. The predicted molar refractivity (Wildman–Crippen MR) is 45.9 cm³/mol. The van der Waals surface area contributed by atoms with Crippen LogP contribution in [0.1, 0.15) is 17.5 Å². The smallest absolute Gasteiger partial charge is 0 e. The second kappa shape index (κ2) is 3.76. The van der Waals surface area contributed by atoms with E-state index in [1.54, 1.807) is 0 Å². The van der Waals surface area contributed by atoms with E-state index in [0.29, 0.717) is 0 Å². The minimum Gasteiger partial charge on any atom is -0.188 e. The first-order valence-electron chi connectivity index (χ1n) is 3.48. The molecule has 1 aliphatic rings. The van der Waals surface area contributed by atoms with Crippen LogP contribution in [-0.2, 0) is 26.8 Å². The van der Waals surface area contributed by atoms with E-state index in [1.807, 2.05) is 0 Å². The van der Waals surface area contributed by atoms with E-state index >= 15 is 0 Å². The van der Waals surface area contributed by atoms with E-state index in [-0.39, 0.29) is 20.4 Å². The summed E-state index contributed by atoms with van der Waals surface area (Å²) >= 11 is 3.44. The Morgan fingerprint density at radius 3 is 3.00 bits per heavy atom. The average molecular weight is 382 g/mol. The quantitative estimate of drug-likeness (QED) is 0.606. The van der Waals surface area contributed by atoms with Crippen molar-refractivity contribution in [3.05, 3.63) is 40.2 Å². The first-order valence-corrected chi connectivity index (χ1v) is 4.27. The molecule has 0 N–H and O–H groups in total. The van der Waals surface area contributed by atoms with Crippen LogP contribution in [0.15, 0.2) is 22.7 Å². The molecule has 2 heteroatoms. The summed E-state index contributed by atoms with van der Waals surface area (Å²) in [7, 11) is 0. The normalized spacial score (nSPS) is 13.2. The van der Waals surface area contributed by atoms with Gasteiger partial charge in [-0.3, -0.25) is 0 Å². The Hall–Kier alpha value is 0.232. The van der Waals surface area contributed by atoms with Gasteiger partial charge in [0, 0.05) is 20.4 Å². The Bertz CT molecular complexity index is 258. The van der Waals surface area contributed by atoms with Gasteiger partial charge < -0.3 is 0 Å². The minimum absolute atomic E-state index is 0. The third kappa shape index (κ3) is 1.87. The molecule has 0 spiro atoms. The Kier molecular flexibility index (Phi) is 3.19. The monoisotopic (exact) mass is 382 g/mol. The van der Waals surface area contributed by atoms with Crippen LogP contribution in [0.4, 0.5) is 0 Å². The summed E-state index contributed by atoms with van der Waals surface area (Å²) in [4.78, 5) is 0. The molecule has 0 saturated carbocycles. The second-order valence-electron chi connectivity index (χ2n) is 2.59. The van der Waals surface area contributed by atoms with Crippen molar-refractivity contribution in [3.63, 3.8) is 0 Å². The molecule has 0 nitrogen and oxygen atoms in total. The number of halogens is 1. The zero-order valence-corrected chi connectivity index (χ0v) is 10.3. The molecule has 0 saturated heterocycles. The summed E-state index contributed by atoms with van der Waals surface area (Å²) in [5.41, 5.74) is 2.90. The second-order valence-corrected chi connectivity index (χ2v) is 3.50. The molecular weight excluding hydrogens is 374 g/mol. The summed E-state index contributed by atoms with van der Waals surface area (Å²) in [6, 6.07) is 6.49. The molecule has 0 atom stereocenters. The van der Waals surface area contributed by atoms with Crippen LogP contribution >= 0.6 is 15.9 Å². The van der Waals surface area contributed by atoms with Crippen LogP contribution in [0.5, 0.6) is 0 Å². The molecule has 1 aliphatic carbocycles. The summed E-state index contributed by atoms with van der Waals surface area (Å²) in [6.45, 7) is 0. The van der Waals surface area contributed by atoms with Gasteiger partial charge in [-0.25, -0.2) is 0 Å². The van der Waals surface area contributed by atoms with Crippen molar-refractivity contribution in [2.75, 3.05) is 0 Å². The van der Waals surface area contributed by atoms with Gasteiger partial charge in [-0.05, 0) is 4.47 Å². The van der Waals surface area contributed by atoms with E-state index < -0.39 is 0 Å². The summed E-state index contributed by atoms with van der Waals surface area (Å²) < 4.78 is 1.18. The van der Waals surface area contributed by atoms with Crippen LogP contribution < -0.4 is 0 Å². The van der Waals surface area contributed by atoms with E-state index in [4.69, 9.17) is 0 Å². The minimum atomic E-state index is 0. The van der Waals surface area contributed by atoms with Gasteiger partial charge >= 0.3 is 0 Å². The molecule has 0 amide bonds. The first-order chi connectivity index (χ1) is 4.86. The molecule has 0 fully saturated rings. The average Bonchev–Trinajstić information content (AvgIpc) is 2.33. The maximum absolute atomic E-state index is 3.44. The van der Waals surface area contributed by atoms with Gasteiger partial charge in [0.25, 0.3) is 0 Å². The number of benzene rings is 1. The molecule has 0 aromatic heterocycles. The van der Waals surface area contributed by atoms with Crippen molar-refractivity contribution in [2.24, 2.45) is 0 Å². The molecule has 2 rings (SSSR count). The van der Waals surface area contributed by atoms with Crippen molar-refractivity contribution in [2.45, 2.75) is 12.8 Å². The number of aryl methyl sites for hydroxylation is 1. The largest absolute Gasteiger partial charge is 0.188 e. The van der Waals surface area contributed by atoms with Crippen molar-refractivity contribution in [3.8, 4) is 0 Å². The van der Waals surface area contributed by atoms with E-state index in [2.05, 4.69) is 40.5 Å². The Morgan fingerprint density at radius 1 is 1.36 bits per heavy atom. The Balaban J connectivity index is 0.000000605. The first kappa shape index (κ1) is 9.32. The van der Waals surface area contributed by atoms with Crippen LogP contribution in [0.25, 0.3) is 0 Å². The summed E-state index contributed by atoms with van der Waals surface area (Å²) in [6.07, 6.45) is 4.73. The summed E-state index contributed by atoms with van der Waals surface area (Å²) in [5.74, 6) is 0. The molecule has 0 aliphatic heterocycles. The standard InChI is InChI=1S/C9H8Br.Re/c10-9-5-4-7-2-1-3-8(7)6-9;/h3-6H,1-2H2;/q-1;. The third-order valence-corrected chi connectivity index (χ3v) is 2.38. The molecule has 1 aromatic carbocycles. The zero-order valence-electron chi connectivity index (χ0n) is 5.98. The van der Waals surface area contributed by atoms with Gasteiger partial charge in [0.15, 0.2) is 0 Å². The fourth-order valence-corrected chi connectivity index (χ4v) is 1.75. The van der Waals surface area contributed by atoms with Crippen LogP contribution in [-0.4, -0.2) is 0 Å². The van der Waals surface area contributed by atoms with E-state index in [1.165, 1.54) is 28.4 Å².